The lowest BCUT2D eigenvalue weighted by Gasteiger charge is -2.21. The van der Waals surface area contributed by atoms with E-state index in [0.717, 1.165) is 24.9 Å². The first-order valence-corrected chi connectivity index (χ1v) is 6.39. The molecule has 1 N–H and O–H groups in total. The first-order chi connectivity index (χ1) is 9.16. The Hall–Kier alpha value is -1.82. The number of rotatable bonds is 4. The predicted molar refractivity (Wildman–Crippen MR) is 68.9 cm³/mol. The number of likely N-dealkylation sites (N-methyl/N-ethyl adjacent to an activating group) is 1. The first-order valence-electron chi connectivity index (χ1n) is 6.39. The maximum absolute atomic E-state index is 11.2. The van der Waals surface area contributed by atoms with Gasteiger partial charge in [-0.05, 0) is 31.5 Å². The second-order valence-electron chi connectivity index (χ2n) is 5.09. The number of hydrogen-bond acceptors (Lipinski definition) is 5. The van der Waals surface area contributed by atoms with Crippen molar-refractivity contribution in [3.05, 3.63) is 27.8 Å². The summed E-state index contributed by atoms with van der Waals surface area (Å²) >= 11 is 0. The van der Waals surface area contributed by atoms with Gasteiger partial charge in [-0.3, -0.25) is 10.1 Å². The van der Waals surface area contributed by atoms with Gasteiger partial charge in [0.05, 0.1) is 4.92 Å². The number of hydrogen-bond donors (Lipinski definition) is 1. The highest BCUT2D eigenvalue weighted by Crippen LogP contribution is 2.51. The van der Waals surface area contributed by atoms with Gasteiger partial charge in [-0.2, -0.15) is 0 Å². The molecule has 0 unspecified atom stereocenters. The summed E-state index contributed by atoms with van der Waals surface area (Å²) in [5.74, 6) is 0.762. The standard InChI is InChI=1S/C13H16N2O4/c1-14-8-13(2-3-13)9-6-10(15(16)17)12-11(7-9)18-4-5-19-12/h6-7,14H,2-5,8H2,1H3. The van der Waals surface area contributed by atoms with Crippen molar-refractivity contribution in [2.24, 2.45) is 0 Å². The summed E-state index contributed by atoms with van der Waals surface area (Å²) in [7, 11) is 1.90. The highest BCUT2D eigenvalue weighted by atomic mass is 16.6. The van der Waals surface area contributed by atoms with E-state index in [1.165, 1.54) is 0 Å². The third-order valence-electron chi connectivity index (χ3n) is 3.80. The second-order valence-corrected chi connectivity index (χ2v) is 5.09. The molecular formula is C13H16N2O4. The number of benzene rings is 1. The zero-order chi connectivity index (χ0) is 13.5. The molecule has 1 fully saturated rings. The van der Waals surface area contributed by atoms with E-state index in [1.807, 2.05) is 13.1 Å². The molecule has 19 heavy (non-hydrogen) atoms. The van der Waals surface area contributed by atoms with Crippen LogP contribution in [0.4, 0.5) is 5.69 Å². The summed E-state index contributed by atoms with van der Waals surface area (Å²) < 4.78 is 10.9. The average molecular weight is 264 g/mol. The first kappa shape index (κ1) is 12.2. The summed E-state index contributed by atoms with van der Waals surface area (Å²) in [5.41, 5.74) is 1.00. The van der Waals surface area contributed by atoms with Crippen LogP contribution in [0, 0.1) is 10.1 Å². The molecule has 1 heterocycles. The minimum absolute atomic E-state index is 0.00887. The fourth-order valence-electron chi connectivity index (χ4n) is 2.63. The Labute approximate surface area is 110 Å². The van der Waals surface area contributed by atoms with Gasteiger partial charge in [-0.1, -0.05) is 0 Å². The second kappa shape index (κ2) is 4.38. The van der Waals surface area contributed by atoms with Gasteiger partial charge in [0.1, 0.15) is 13.2 Å². The quantitative estimate of drug-likeness (QED) is 0.660. The van der Waals surface area contributed by atoms with Crippen molar-refractivity contribution >= 4 is 5.69 Å². The molecule has 0 radical (unpaired) electrons. The van der Waals surface area contributed by atoms with Crippen LogP contribution in [0.1, 0.15) is 18.4 Å². The average Bonchev–Trinajstić information content (AvgIpc) is 3.18. The molecule has 0 spiro atoms. The Morgan fingerprint density at radius 1 is 1.37 bits per heavy atom. The number of nitrogens with one attached hydrogen (secondary N) is 1. The number of nitrogens with zero attached hydrogens (tertiary/aromatic N) is 1. The van der Waals surface area contributed by atoms with Crippen LogP contribution < -0.4 is 14.8 Å². The van der Waals surface area contributed by atoms with Crippen LogP contribution in [0.5, 0.6) is 11.5 Å². The van der Waals surface area contributed by atoms with Gasteiger partial charge >= 0.3 is 5.69 Å². The molecule has 1 aliphatic carbocycles. The lowest BCUT2D eigenvalue weighted by Crippen LogP contribution is -2.24. The summed E-state index contributed by atoms with van der Waals surface area (Å²) in [6.07, 6.45) is 2.09. The van der Waals surface area contributed by atoms with E-state index in [4.69, 9.17) is 9.47 Å². The van der Waals surface area contributed by atoms with Gasteiger partial charge in [-0.15, -0.1) is 0 Å². The maximum Gasteiger partial charge on any atom is 0.315 e. The zero-order valence-corrected chi connectivity index (χ0v) is 10.8. The van der Waals surface area contributed by atoms with Gasteiger partial charge in [0.25, 0.3) is 0 Å². The normalized spacial score (nSPS) is 19.0. The van der Waals surface area contributed by atoms with E-state index in [0.29, 0.717) is 19.0 Å². The van der Waals surface area contributed by atoms with Crippen LogP contribution in [0.15, 0.2) is 12.1 Å². The van der Waals surface area contributed by atoms with Gasteiger partial charge in [0.15, 0.2) is 5.75 Å². The molecule has 1 aromatic rings. The van der Waals surface area contributed by atoms with Crippen LogP contribution in [-0.2, 0) is 5.41 Å². The minimum Gasteiger partial charge on any atom is -0.486 e. The van der Waals surface area contributed by atoms with Crippen LogP contribution in [-0.4, -0.2) is 31.7 Å². The molecule has 6 heteroatoms. The third-order valence-corrected chi connectivity index (χ3v) is 3.80. The summed E-state index contributed by atoms with van der Waals surface area (Å²) in [5, 5.41) is 14.3. The minimum atomic E-state index is -0.396. The van der Waals surface area contributed by atoms with E-state index < -0.39 is 4.92 Å². The summed E-state index contributed by atoms with van der Waals surface area (Å²) in [4.78, 5) is 10.8. The van der Waals surface area contributed by atoms with Gasteiger partial charge in [0, 0.05) is 18.0 Å². The van der Waals surface area contributed by atoms with E-state index in [2.05, 4.69) is 5.32 Å². The Morgan fingerprint density at radius 3 is 2.74 bits per heavy atom. The Morgan fingerprint density at radius 2 is 2.11 bits per heavy atom. The predicted octanol–water partition coefficient (Wildman–Crippen LogP) is 1.62. The van der Waals surface area contributed by atoms with Crippen molar-refractivity contribution < 1.29 is 14.4 Å². The topological polar surface area (TPSA) is 73.6 Å². The Kier molecular flexibility index (Phi) is 2.82. The largest absolute Gasteiger partial charge is 0.486 e. The SMILES string of the molecule is CNCC1(c2cc3c(c([N+](=O)[O-])c2)OCCO3)CC1. The molecule has 2 aliphatic rings. The monoisotopic (exact) mass is 264 g/mol. The van der Waals surface area contributed by atoms with Crippen molar-refractivity contribution in [2.45, 2.75) is 18.3 Å². The highest BCUT2D eigenvalue weighted by molar-refractivity contribution is 5.60. The highest BCUT2D eigenvalue weighted by Gasteiger charge is 2.45. The smallest absolute Gasteiger partial charge is 0.315 e. The van der Waals surface area contributed by atoms with Crippen molar-refractivity contribution in [1.29, 1.82) is 0 Å². The maximum atomic E-state index is 11.2. The van der Waals surface area contributed by atoms with E-state index in [9.17, 15) is 10.1 Å². The number of nitro groups is 1. The lowest BCUT2D eigenvalue weighted by molar-refractivity contribution is -0.386. The van der Waals surface area contributed by atoms with Gasteiger partial charge in [0.2, 0.25) is 5.75 Å². The van der Waals surface area contributed by atoms with E-state index >= 15 is 0 Å². The van der Waals surface area contributed by atoms with Crippen molar-refractivity contribution in [3.63, 3.8) is 0 Å². The van der Waals surface area contributed by atoms with E-state index in [-0.39, 0.29) is 16.9 Å². The molecule has 3 rings (SSSR count). The molecule has 1 aromatic carbocycles. The van der Waals surface area contributed by atoms with Gasteiger partial charge in [-0.25, -0.2) is 0 Å². The summed E-state index contributed by atoms with van der Waals surface area (Å²) in [6, 6.07) is 3.53. The third kappa shape index (κ3) is 2.02. The van der Waals surface area contributed by atoms with Crippen LogP contribution >= 0.6 is 0 Å². The molecule has 0 saturated heterocycles. The number of nitro benzene ring substituents is 1. The Bertz CT molecular complexity index is 526. The lowest BCUT2D eigenvalue weighted by atomic mass is 9.94. The number of fused-ring (bicyclic) bond motifs is 1. The molecule has 6 nitrogen and oxygen atoms in total. The zero-order valence-electron chi connectivity index (χ0n) is 10.8. The molecule has 102 valence electrons. The molecular weight excluding hydrogens is 248 g/mol. The van der Waals surface area contributed by atoms with Crippen LogP contribution in [0.25, 0.3) is 0 Å². The van der Waals surface area contributed by atoms with Crippen LogP contribution in [0.3, 0.4) is 0 Å². The molecule has 0 aromatic heterocycles. The molecule has 0 amide bonds. The van der Waals surface area contributed by atoms with Crippen LogP contribution in [0.2, 0.25) is 0 Å². The van der Waals surface area contributed by atoms with Crippen molar-refractivity contribution in [2.75, 3.05) is 26.8 Å². The molecule has 0 bridgehead atoms. The number of ether oxygens (including phenoxy) is 2. The fourth-order valence-corrected chi connectivity index (χ4v) is 2.63. The Balaban J connectivity index is 2.07. The molecule has 0 atom stereocenters. The molecule has 1 aliphatic heterocycles. The fraction of sp³-hybridized carbons (Fsp3) is 0.538. The van der Waals surface area contributed by atoms with Crippen molar-refractivity contribution in [3.8, 4) is 11.5 Å². The van der Waals surface area contributed by atoms with E-state index in [1.54, 1.807) is 6.07 Å². The van der Waals surface area contributed by atoms with Crippen molar-refractivity contribution in [1.82, 2.24) is 5.32 Å². The molecule has 1 saturated carbocycles. The van der Waals surface area contributed by atoms with Gasteiger partial charge < -0.3 is 14.8 Å². The summed E-state index contributed by atoms with van der Waals surface area (Å²) in [6.45, 7) is 1.62.